The van der Waals surface area contributed by atoms with Crippen LogP contribution in [-0.2, 0) is 56.8 Å². The predicted molar refractivity (Wildman–Crippen MR) is 255 cm³/mol. The molecule has 0 bridgehead atoms. The number of hydrogen-bond donors (Lipinski definition) is 16. The zero-order valence-electron chi connectivity index (χ0n) is 43.5. The maximum absolute atomic E-state index is 11.3. The molecule has 6 heterocycles. The summed E-state index contributed by atoms with van der Waals surface area (Å²) in [5.41, 5.74) is 2.78. The molecule has 446 valence electrons. The summed E-state index contributed by atoms with van der Waals surface area (Å²) in [4.78, 5) is 0. The standard InChI is InChI=1S/C49H82O28/c1-19(9-7-11-21(3)16-67-45-39(65)41(33(59)27(15-51)73-45)75-49-43(31(57)25(53)18-69-49)77-47-37(63)35(61)29(55)23(5)71-47)8-6-10-20(2)12-13-66-44-38(64)40(32(58)26(14-50)72-44)74-48-42(30(56)24(52)17-68-48)76-46-36(62)34(60)28(54)22(4)70-46/h8,11-12,22-65H,6-7,9-10,13-18H2,1-5H3. The minimum absolute atomic E-state index is 0.0321. The zero-order valence-corrected chi connectivity index (χ0v) is 43.5. The van der Waals surface area contributed by atoms with Crippen LogP contribution in [0.5, 0.6) is 0 Å². The van der Waals surface area contributed by atoms with Crippen LogP contribution in [0, 0.1) is 0 Å². The van der Waals surface area contributed by atoms with E-state index < -0.39 is 198 Å². The normalized spacial score (nSPS) is 46.8. The van der Waals surface area contributed by atoms with Gasteiger partial charge in [0.25, 0.3) is 0 Å². The molecule has 0 aromatic carbocycles. The molecule has 0 spiro atoms. The van der Waals surface area contributed by atoms with E-state index in [2.05, 4.69) is 6.08 Å². The van der Waals surface area contributed by atoms with E-state index in [0.717, 1.165) is 16.7 Å². The molecule has 77 heavy (non-hydrogen) atoms. The fourth-order valence-corrected chi connectivity index (χ4v) is 9.49. The van der Waals surface area contributed by atoms with E-state index in [9.17, 15) is 81.7 Å². The molecule has 0 aromatic rings. The maximum atomic E-state index is 11.3. The lowest BCUT2D eigenvalue weighted by Gasteiger charge is -2.47. The van der Waals surface area contributed by atoms with Crippen LogP contribution in [0.4, 0.5) is 0 Å². The van der Waals surface area contributed by atoms with E-state index in [1.165, 1.54) is 13.8 Å². The summed E-state index contributed by atoms with van der Waals surface area (Å²) in [5.74, 6) is 0. The lowest BCUT2D eigenvalue weighted by atomic mass is 9.98. The molecule has 6 aliphatic heterocycles. The first-order chi connectivity index (χ1) is 36.5. The van der Waals surface area contributed by atoms with Crippen LogP contribution in [0.15, 0.2) is 34.9 Å². The molecule has 0 radical (unpaired) electrons. The quantitative estimate of drug-likeness (QED) is 0.0448. The lowest BCUT2D eigenvalue weighted by Crippen LogP contribution is -2.65. The van der Waals surface area contributed by atoms with Crippen molar-refractivity contribution >= 4 is 0 Å². The van der Waals surface area contributed by atoms with E-state index in [1.54, 1.807) is 13.0 Å². The third-order valence-electron chi connectivity index (χ3n) is 14.5. The second-order valence-electron chi connectivity index (χ2n) is 20.6. The number of allylic oxidation sites excluding steroid dienone is 4. The second kappa shape index (κ2) is 29.4. The van der Waals surface area contributed by atoms with Gasteiger partial charge in [0.15, 0.2) is 37.7 Å². The highest BCUT2D eigenvalue weighted by Gasteiger charge is 2.54. The van der Waals surface area contributed by atoms with Crippen molar-refractivity contribution in [3.63, 3.8) is 0 Å². The van der Waals surface area contributed by atoms with Crippen LogP contribution in [0.3, 0.4) is 0 Å². The average molecular weight is 1120 g/mol. The summed E-state index contributed by atoms with van der Waals surface area (Å²) < 4.78 is 68.4. The number of hydrogen-bond acceptors (Lipinski definition) is 28. The smallest absolute Gasteiger partial charge is 0.187 e. The summed E-state index contributed by atoms with van der Waals surface area (Å²) in [5, 5.41) is 169. The minimum atomic E-state index is -1.78. The number of aliphatic hydroxyl groups excluding tert-OH is 16. The average Bonchev–Trinajstić information content (AvgIpc) is 3.40. The Morgan fingerprint density at radius 3 is 1.22 bits per heavy atom. The van der Waals surface area contributed by atoms with Crippen molar-refractivity contribution in [3.8, 4) is 0 Å². The second-order valence-corrected chi connectivity index (χ2v) is 20.6. The molecule has 0 amide bonds. The Hall–Kier alpha value is -1.90. The summed E-state index contributed by atoms with van der Waals surface area (Å²) >= 11 is 0. The van der Waals surface area contributed by atoms with Gasteiger partial charge in [0.2, 0.25) is 0 Å². The molecular weight excluding hydrogens is 1040 g/mol. The fraction of sp³-hybridized carbons (Fsp3) is 0.878. The Morgan fingerprint density at radius 1 is 0.403 bits per heavy atom. The molecule has 0 aliphatic carbocycles. The minimum Gasteiger partial charge on any atom is -0.394 e. The van der Waals surface area contributed by atoms with Gasteiger partial charge in [-0.3, -0.25) is 0 Å². The Bertz CT molecular complexity index is 1880. The third-order valence-corrected chi connectivity index (χ3v) is 14.5. The molecule has 0 saturated carbocycles. The van der Waals surface area contributed by atoms with Crippen LogP contribution in [0.25, 0.3) is 0 Å². The third kappa shape index (κ3) is 16.0. The number of ether oxygens (including phenoxy) is 12. The predicted octanol–water partition coefficient (Wildman–Crippen LogP) is -6.35. The molecule has 28 unspecified atom stereocenters. The molecule has 28 heteroatoms. The lowest BCUT2D eigenvalue weighted by molar-refractivity contribution is -0.377. The highest BCUT2D eigenvalue weighted by atomic mass is 16.8. The highest BCUT2D eigenvalue weighted by Crippen LogP contribution is 2.34. The summed E-state index contributed by atoms with van der Waals surface area (Å²) in [6, 6.07) is 0. The molecule has 16 N–H and O–H groups in total. The van der Waals surface area contributed by atoms with Gasteiger partial charge in [0.05, 0.1) is 51.8 Å². The largest absolute Gasteiger partial charge is 0.394 e. The van der Waals surface area contributed by atoms with Gasteiger partial charge in [-0.15, -0.1) is 0 Å². The molecule has 0 aromatic heterocycles. The zero-order chi connectivity index (χ0) is 56.6. The van der Waals surface area contributed by atoms with Gasteiger partial charge in [0, 0.05) is 0 Å². The van der Waals surface area contributed by atoms with Crippen molar-refractivity contribution in [1.29, 1.82) is 0 Å². The maximum Gasteiger partial charge on any atom is 0.187 e. The number of rotatable bonds is 22. The van der Waals surface area contributed by atoms with Crippen LogP contribution in [-0.4, -0.2) is 293 Å². The van der Waals surface area contributed by atoms with Gasteiger partial charge in [-0.2, -0.15) is 0 Å². The fourth-order valence-electron chi connectivity index (χ4n) is 9.49. The van der Waals surface area contributed by atoms with Gasteiger partial charge >= 0.3 is 0 Å². The first-order valence-corrected chi connectivity index (χ1v) is 25.9. The van der Waals surface area contributed by atoms with Crippen molar-refractivity contribution in [2.45, 2.75) is 232 Å². The Kier molecular flexibility index (Phi) is 24.5. The van der Waals surface area contributed by atoms with E-state index in [1.807, 2.05) is 19.9 Å². The van der Waals surface area contributed by atoms with Crippen molar-refractivity contribution in [1.82, 2.24) is 0 Å². The Morgan fingerprint density at radius 2 is 0.792 bits per heavy atom. The first-order valence-electron chi connectivity index (χ1n) is 25.9. The Labute approximate surface area is 444 Å². The molecule has 6 aliphatic rings. The van der Waals surface area contributed by atoms with Crippen molar-refractivity contribution < 1.29 is 139 Å². The van der Waals surface area contributed by atoms with Crippen molar-refractivity contribution in [2.75, 3.05) is 39.6 Å². The SMILES string of the molecule is CC(=CCCC(C)=CCOC1OC(CO)C(O)C(OC2OCC(O)C(O)C2OC2OC(C)C(O)C(O)C2O)C1O)CCC=C(C)COC1OC(CO)C(O)C(OC2OCC(O)C(O)C2OC2OC(C)C(O)C(O)C2O)C1O. The van der Waals surface area contributed by atoms with Crippen LogP contribution in [0.2, 0.25) is 0 Å². The van der Waals surface area contributed by atoms with E-state index in [0.29, 0.717) is 25.7 Å². The van der Waals surface area contributed by atoms with Crippen LogP contribution < -0.4 is 0 Å². The van der Waals surface area contributed by atoms with Crippen molar-refractivity contribution in [2.24, 2.45) is 0 Å². The van der Waals surface area contributed by atoms with Crippen LogP contribution in [0.1, 0.15) is 60.3 Å². The summed E-state index contributed by atoms with van der Waals surface area (Å²) in [6.07, 6.45) is -34.8. The van der Waals surface area contributed by atoms with Crippen molar-refractivity contribution in [3.05, 3.63) is 34.9 Å². The topological polar surface area (TPSA) is 434 Å². The molecule has 6 saturated heterocycles. The van der Waals surface area contributed by atoms with Gasteiger partial charge in [-0.05, 0) is 60.3 Å². The van der Waals surface area contributed by atoms with Gasteiger partial charge in [0.1, 0.15) is 122 Å². The molecule has 28 nitrogen and oxygen atoms in total. The van der Waals surface area contributed by atoms with Gasteiger partial charge < -0.3 is 139 Å². The molecule has 6 fully saturated rings. The van der Waals surface area contributed by atoms with E-state index in [-0.39, 0.29) is 13.2 Å². The molecular formula is C49H82O28. The Balaban J connectivity index is 0.950. The summed E-state index contributed by atoms with van der Waals surface area (Å²) in [6.45, 7) is 6.07. The molecule has 6 rings (SSSR count). The molecule has 28 atom stereocenters. The first kappa shape index (κ1) is 64.3. The summed E-state index contributed by atoms with van der Waals surface area (Å²) in [7, 11) is 0. The highest BCUT2D eigenvalue weighted by molar-refractivity contribution is 5.07. The monoisotopic (exact) mass is 1120 g/mol. The van der Waals surface area contributed by atoms with E-state index >= 15 is 0 Å². The van der Waals surface area contributed by atoms with Gasteiger partial charge in [-0.25, -0.2) is 0 Å². The van der Waals surface area contributed by atoms with Crippen LogP contribution >= 0.6 is 0 Å². The van der Waals surface area contributed by atoms with E-state index in [4.69, 9.17) is 56.8 Å². The number of aliphatic hydroxyl groups is 16. The van der Waals surface area contributed by atoms with Gasteiger partial charge in [-0.1, -0.05) is 34.9 Å².